The molecule has 0 atom stereocenters. The van der Waals surface area contributed by atoms with Crippen molar-refractivity contribution in [2.24, 2.45) is 0 Å². The molecule has 12 heteroatoms. The fourth-order valence-corrected chi connectivity index (χ4v) is 5.46. The molecule has 0 amide bonds. The number of fused-ring (bicyclic) bond motifs is 1. The molecule has 2 aromatic heterocycles. The van der Waals surface area contributed by atoms with Crippen LogP contribution < -0.4 is 15.2 Å². The summed E-state index contributed by atoms with van der Waals surface area (Å²) < 4.78 is 67.5. The van der Waals surface area contributed by atoms with E-state index < -0.39 is 26.6 Å². The number of nitrogen functional groups attached to an aromatic ring is 1. The van der Waals surface area contributed by atoms with Gasteiger partial charge in [-0.15, -0.1) is 0 Å². The lowest BCUT2D eigenvalue weighted by molar-refractivity contribution is 0.0261. The first-order valence-electron chi connectivity index (χ1n) is 11.9. The number of aromatic nitrogens is 3. The number of anilines is 2. The van der Waals surface area contributed by atoms with E-state index in [1.165, 1.54) is 0 Å². The first kappa shape index (κ1) is 25.7. The number of rotatable bonds is 6. The molecule has 0 saturated carbocycles. The van der Waals surface area contributed by atoms with Crippen molar-refractivity contribution >= 4 is 32.6 Å². The van der Waals surface area contributed by atoms with Gasteiger partial charge in [-0.1, -0.05) is 0 Å². The van der Waals surface area contributed by atoms with Gasteiger partial charge in [0.2, 0.25) is 5.95 Å². The van der Waals surface area contributed by atoms with Crippen LogP contribution in [-0.4, -0.2) is 42.7 Å². The summed E-state index contributed by atoms with van der Waals surface area (Å²) in [5.41, 5.74) is 8.90. The standard InChI is InChI=1S/C26H25F2N5O4S/c1-14-20-9-16(11-23(25(20)32-26(29)31-14)37-19-5-7-36-8-6-19)17-10-22(15(2)30-13-17)33-38(34,35)24-4-3-18(27)12-21(24)28/h3-4,9-13,19,33H,5-8H2,1-2H3,(H2,29,31,32). The van der Waals surface area contributed by atoms with E-state index in [2.05, 4.69) is 19.7 Å². The topological polar surface area (TPSA) is 129 Å². The molecule has 0 radical (unpaired) electrons. The highest BCUT2D eigenvalue weighted by Crippen LogP contribution is 2.35. The molecule has 3 heterocycles. The smallest absolute Gasteiger partial charge is 0.264 e. The summed E-state index contributed by atoms with van der Waals surface area (Å²) in [6.07, 6.45) is 2.98. The fraction of sp³-hybridized carbons (Fsp3) is 0.269. The van der Waals surface area contributed by atoms with Crippen molar-refractivity contribution in [3.63, 3.8) is 0 Å². The third kappa shape index (κ3) is 5.22. The number of pyridine rings is 1. The lowest BCUT2D eigenvalue weighted by atomic mass is 10.0. The monoisotopic (exact) mass is 541 g/mol. The highest BCUT2D eigenvalue weighted by atomic mass is 32.2. The molecule has 38 heavy (non-hydrogen) atoms. The molecule has 4 aromatic rings. The molecule has 0 unspecified atom stereocenters. The molecule has 198 valence electrons. The van der Waals surface area contributed by atoms with Crippen molar-refractivity contribution in [3.05, 3.63) is 65.6 Å². The van der Waals surface area contributed by atoms with E-state index in [4.69, 9.17) is 15.2 Å². The summed E-state index contributed by atoms with van der Waals surface area (Å²) in [6, 6.07) is 7.51. The van der Waals surface area contributed by atoms with Gasteiger partial charge >= 0.3 is 0 Å². The highest BCUT2D eigenvalue weighted by Gasteiger charge is 2.22. The van der Waals surface area contributed by atoms with Crippen LogP contribution in [-0.2, 0) is 14.8 Å². The molecule has 1 aliphatic rings. The first-order valence-corrected chi connectivity index (χ1v) is 13.4. The molecular formula is C26H25F2N5O4S. The van der Waals surface area contributed by atoms with E-state index in [1.54, 1.807) is 25.3 Å². The van der Waals surface area contributed by atoms with Gasteiger partial charge in [-0.3, -0.25) is 9.71 Å². The molecule has 1 fully saturated rings. The molecule has 0 aliphatic carbocycles. The zero-order chi connectivity index (χ0) is 27.0. The third-order valence-corrected chi connectivity index (χ3v) is 7.68. The van der Waals surface area contributed by atoms with Crippen LogP contribution in [0.2, 0.25) is 0 Å². The molecule has 1 saturated heterocycles. The summed E-state index contributed by atoms with van der Waals surface area (Å²) in [6.45, 7) is 4.62. The maximum atomic E-state index is 14.2. The van der Waals surface area contributed by atoms with Crippen LogP contribution in [0.3, 0.4) is 0 Å². The van der Waals surface area contributed by atoms with Crippen LogP contribution in [0.4, 0.5) is 20.4 Å². The van der Waals surface area contributed by atoms with E-state index in [0.717, 1.165) is 30.4 Å². The molecular weight excluding hydrogens is 516 g/mol. The Morgan fingerprint density at radius 2 is 1.79 bits per heavy atom. The Balaban J connectivity index is 1.57. The summed E-state index contributed by atoms with van der Waals surface area (Å²) in [4.78, 5) is 12.3. The molecule has 2 aromatic carbocycles. The van der Waals surface area contributed by atoms with Crippen molar-refractivity contribution in [1.82, 2.24) is 15.0 Å². The summed E-state index contributed by atoms with van der Waals surface area (Å²) in [7, 11) is -4.36. The minimum Gasteiger partial charge on any atom is -0.488 e. The molecule has 5 rings (SSSR count). The minimum atomic E-state index is -4.36. The number of nitrogens with one attached hydrogen (secondary N) is 1. The maximum absolute atomic E-state index is 14.2. The Kier molecular flexibility index (Phi) is 6.84. The van der Waals surface area contributed by atoms with Crippen LogP contribution in [0.1, 0.15) is 24.2 Å². The van der Waals surface area contributed by atoms with Crippen molar-refractivity contribution in [1.29, 1.82) is 0 Å². The van der Waals surface area contributed by atoms with E-state index in [-0.39, 0.29) is 17.7 Å². The van der Waals surface area contributed by atoms with E-state index in [0.29, 0.717) is 53.1 Å². The number of hydrogen-bond donors (Lipinski definition) is 2. The predicted molar refractivity (Wildman–Crippen MR) is 138 cm³/mol. The lowest BCUT2D eigenvalue weighted by Crippen LogP contribution is -2.26. The average molecular weight is 542 g/mol. The number of aryl methyl sites for hydroxylation is 2. The molecule has 1 aliphatic heterocycles. The average Bonchev–Trinajstić information content (AvgIpc) is 2.86. The number of benzene rings is 2. The van der Waals surface area contributed by atoms with Gasteiger partial charge in [0.15, 0.2) is 0 Å². The normalized spacial score (nSPS) is 14.5. The largest absolute Gasteiger partial charge is 0.488 e. The minimum absolute atomic E-state index is 0.0668. The lowest BCUT2D eigenvalue weighted by Gasteiger charge is -2.24. The number of ether oxygens (including phenoxy) is 2. The van der Waals surface area contributed by atoms with Gasteiger partial charge in [-0.25, -0.2) is 27.2 Å². The molecule has 0 spiro atoms. The van der Waals surface area contributed by atoms with Crippen LogP contribution in [0.25, 0.3) is 22.0 Å². The van der Waals surface area contributed by atoms with Gasteiger partial charge in [-0.2, -0.15) is 0 Å². The van der Waals surface area contributed by atoms with Crippen LogP contribution in [0, 0.1) is 25.5 Å². The van der Waals surface area contributed by atoms with Gasteiger partial charge in [0.1, 0.15) is 33.9 Å². The number of halogens is 2. The quantitative estimate of drug-likeness (QED) is 0.364. The Hall–Kier alpha value is -3.90. The highest BCUT2D eigenvalue weighted by molar-refractivity contribution is 7.92. The maximum Gasteiger partial charge on any atom is 0.264 e. The van der Waals surface area contributed by atoms with Crippen molar-refractivity contribution in [2.75, 3.05) is 23.7 Å². The number of nitrogens with zero attached hydrogens (tertiary/aromatic N) is 3. The second-order valence-electron chi connectivity index (χ2n) is 9.00. The van der Waals surface area contributed by atoms with Gasteiger partial charge in [0.25, 0.3) is 10.0 Å². The summed E-state index contributed by atoms with van der Waals surface area (Å²) in [5, 5.41) is 0.717. The summed E-state index contributed by atoms with van der Waals surface area (Å²) >= 11 is 0. The first-order chi connectivity index (χ1) is 18.1. The Labute approximate surface area is 218 Å². The Morgan fingerprint density at radius 3 is 2.53 bits per heavy atom. The van der Waals surface area contributed by atoms with Crippen LogP contribution in [0.15, 0.2) is 47.5 Å². The number of nitrogens with two attached hydrogens (primary N) is 1. The van der Waals surface area contributed by atoms with Gasteiger partial charge in [0.05, 0.1) is 30.3 Å². The number of hydrogen-bond acceptors (Lipinski definition) is 8. The third-order valence-electron chi connectivity index (χ3n) is 6.28. The van der Waals surface area contributed by atoms with Gasteiger partial charge in [0, 0.05) is 36.1 Å². The Bertz CT molecular complexity index is 1640. The SMILES string of the molecule is Cc1ncc(-c2cc(OC3CCOCC3)c3nc(N)nc(C)c3c2)cc1NS(=O)(=O)c1ccc(F)cc1F. The van der Waals surface area contributed by atoms with E-state index in [9.17, 15) is 17.2 Å². The van der Waals surface area contributed by atoms with E-state index >= 15 is 0 Å². The zero-order valence-electron chi connectivity index (χ0n) is 20.7. The second-order valence-corrected chi connectivity index (χ2v) is 10.7. The molecule has 3 N–H and O–H groups in total. The van der Waals surface area contributed by atoms with Crippen LogP contribution >= 0.6 is 0 Å². The molecule has 9 nitrogen and oxygen atoms in total. The Morgan fingerprint density at radius 1 is 1.03 bits per heavy atom. The second kappa shape index (κ2) is 10.1. The molecule has 0 bridgehead atoms. The zero-order valence-corrected chi connectivity index (χ0v) is 21.5. The predicted octanol–water partition coefficient (Wildman–Crippen LogP) is 4.53. The number of sulfonamides is 1. The van der Waals surface area contributed by atoms with E-state index in [1.807, 2.05) is 13.0 Å². The van der Waals surface area contributed by atoms with Crippen molar-refractivity contribution in [3.8, 4) is 16.9 Å². The van der Waals surface area contributed by atoms with Gasteiger partial charge in [-0.05, 0) is 49.7 Å². The van der Waals surface area contributed by atoms with Gasteiger partial charge < -0.3 is 15.2 Å². The van der Waals surface area contributed by atoms with Crippen molar-refractivity contribution < 1.29 is 26.7 Å². The summed E-state index contributed by atoms with van der Waals surface area (Å²) in [5.74, 6) is -1.44. The van der Waals surface area contributed by atoms with Crippen LogP contribution in [0.5, 0.6) is 5.75 Å². The van der Waals surface area contributed by atoms with Crippen molar-refractivity contribution in [2.45, 2.75) is 37.7 Å². The fourth-order valence-electron chi connectivity index (χ4n) is 4.29.